The van der Waals surface area contributed by atoms with E-state index in [2.05, 4.69) is 10.6 Å². The molecule has 33 heavy (non-hydrogen) atoms. The standard InChI is InChI=1S/C24H17ClFN3O4/c25-17-5-10-22(33-14-23(31)29-21-4-2-1-3-20(21)26)15(12-17)11-16(13-27)24(32)28-18-6-8-19(30)9-7-18/h1-12,30H,14H2,(H,28,32)(H,29,31)/b16-11+. The smallest absolute Gasteiger partial charge is 0.266 e. The first kappa shape index (κ1) is 23.3. The molecule has 0 bridgehead atoms. The van der Waals surface area contributed by atoms with Crippen LogP contribution >= 0.6 is 11.6 Å². The Morgan fingerprint density at radius 1 is 1.09 bits per heavy atom. The van der Waals surface area contributed by atoms with Crippen LogP contribution in [0.2, 0.25) is 5.02 Å². The zero-order chi connectivity index (χ0) is 23.8. The molecule has 0 heterocycles. The van der Waals surface area contributed by atoms with Crippen LogP contribution in [-0.4, -0.2) is 23.5 Å². The van der Waals surface area contributed by atoms with Crippen LogP contribution in [0.4, 0.5) is 15.8 Å². The summed E-state index contributed by atoms with van der Waals surface area (Å²) in [6, 6.07) is 17.7. The van der Waals surface area contributed by atoms with E-state index in [1.807, 2.05) is 6.07 Å². The lowest BCUT2D eigenvalue weighted by molar-refractivity contribution is -0.118. The minimum absolute atomic E-state index is 0.0139. The lowest BCUT2D eigenvalue weighted by atomic mass is 10.1. The number of para-hydroxylation sites is 1. The van der Waals surface area contributed by atoms with Crippen molar-refractivity contribution in [2.45, 2.75) is 0 Å². The van der Waals surface area contributed by atoms with Gasteiger partial charge < -0.3 is 20.5 Å². The van der Waals surface area contributed by atoms with Gasteiger partial charge in [-0.3, -0.25) is 9.59 Å². The van der Waals surface area contributed by atoms with Crippen molar-refractivity contribution in [3.8, 4) is 17.6 Å². The highest BCUT2D eigenvalue weighted by Gasteiger charge is 2.13. The fraction of sp³-hybridized carbons (Fsp3) is 0.0417. The fourth-order valence-electron chi connectivity index (χ4n) is 2.70. The highest BCUT2D eigenvalue weighted by molar-refractivity contribution is 6.30. The zero-order valence-electron chi connectivity index (χ0n) is 17.0. The van der Waals surface area contributed by atoms with Gasteiger partial charge in [-0.1, -0.05) is 23.7 Å². The van der Waals surface area contributed by atoms with Crippen molar-refractivity contribution < 1.29 is 23.8 Å². The molecular formula is C24H17ClFN3O4. The Hall–Kier alpha value is -4.35. The molecule has 0 aromatic heterocycles. The van der Waals surface area contributed by atoms with Gasteiger partial charge in [0.25, 0.3) is 11.8 Å². The summed E-state index contributed by atoms with van der Waals surface area (Å²) < 4.78 is 19.2. The first-order valence-electron chi connectivity index (χ1n) is 9.54. The van der Waals surface area contributed by atoms with Gasteiger partial charge in [-0.25, -0.2) is 4.39 Å². The largest absolute Gasteiger partial charge is 0.508 e. The summed E-state index contributed by atoms with van der Waals surface area (Å²) in [7, 11) is 0. The molecule has 0 spiro atoms. The predicted octanol–water partition coefficient (Wildman–Crippen LogP) is 4.75. The maximum atomic E-state index is 13.7. The number of phenolic OH excluding ortho intramolecular Hbond substituents is 1. The zero-order valence-corrected chi connectivity index (χ0v) is 17.8. The van der Waals surface area contributed by atoms with Gasteiger partial charge in [0, 0.05) is 16.3 Å². The maximum absolute atomic E-state index is 13.7. The molecule has 0 saturated heterocycles. The molecule has 3 N–H and O–H groups in total. The number of hydrogen-bond acceptors (Lipinski definition) is 5. The minimum Gasteiger partial charge on any atom is -0.508 e. The second kappa shape index (κ2) is 10.8. The average molecular weight is 466 g/mol. The Morgan fingerprint density at radius 2 is 1.82 bits per heavy atom. The number of nitrogens with zero attached hydrogens (tertiary/aromatic N) is 1. The first-order chi connectivity index (χ1) is 15.9. The van der Waals surface area contributed by atoms with Gasteiger partial charge in [0.1, 0.15) is 29.0 Å². The average Bonchev–Trinajstić information content (AvgIpc) is 2.79. The summed E-state index contributed by atoms with van der Waals surface area (Å²) in [4.78, 5) is 24.6. The van der Waals surface area contributed by atoms with Gasteiger partial charge in [0.05, 0.1) is 5.69 Å². The van der Waals surface area contributed by atoms with Gasteiger partial charge in [-0.2, -0.15) is 5.26 Å². The molecule has 0 aliphatic heterocycles. The number of rotatable bonds is 7. The number of anilines is 2. The first-order valence-corrected chi connectivity index (χ1v) is 9.92. The third kappa shape index (κ3) is 6.56. The van der Waals surface area contributed by atoms with E-state index in [0.717, 1.165) is 0 Å². The van der Waals surface area contributed by atoms with E-state index in [0.29, 0.717) is 16.3 Å². The van der Waals surface area contributed by atoms with Gasteiger partial charge in [0.15, 0.2) is 6.61 Å². The third-order valence-electron chi connectivity index (χ3n) is 4.27. The van der Waals surface area contributed by atoms with Crippen molar-refractivity contribution >= 4 is 40.9 Å². The van der Waals surface area contributed by atoms with Crippen molar-refractivity contribution in [1.82, 2.24) is 0 Å². The van der Waals surface area contributed by atoms with Gasteiger partial charge >= 0.3 is 0 Å². The molecule has 166 valence electrons. The molecule has 2 amide bonds. The van der Waals surface area contributed by atoms with Crippen LogP contribution in [0.25, 0.3) is 6.08 Å². The van der Waals surface area contributed by atoms with E-state index in [9.17, 15) is 24.3 Å². The number of hydrogen-bond donors (Lipinski definition) is 3. The monoisotopic (exact) mass is 465 g/mol. The lowest BCUT2D eigenvalue weighted by Gasteiger charge is -2.11. The van der Waals surface area contributed by atoms with Crippen LogP contribution in [0, 0.1) is 17.1 Å². The molecule has 3 aromatic carbocycles. The second-order valence-corrected chi connectivity index (χ2v) is 7.11. The number of amides is 2. The summed E-state index contributed by atoms with van der Waals surface area (Å²) in [6.45, 7) is -0.446. The number of aromatic hydroxyl groups is 1. The van der Waals surface area contributed by atoms with E-state index in [1.165, 1.54) is 66.7 Å². The number of nitriles is 1. The minimum atomic E-state index is -0.689. The van der Waals surface area contributed by atoms with Crippen LogP contribution < -0.4 is 15.4 Å². The van der Waals surface area contributed by atoms with Crippen molar-refractivity contribution in [3.05, 3.63) is 88.7 Å². The van der Waals surface area contributed by atoms with Crippen molar-refractivity contribution in [2.75, 3.05) is 17.2 Å². The molecule has 9 heteroatoms. The molecule has 0 atom stereocenters. The third-order valence-corrected chi connectivity index (χ3v) is 4.50. The van der Waals surface area contributed by atoms with Crippen LogP contribution in [0.15, 0.2) is 72.3 Å². The Morgan fingerprint density at radius 3 is 2.52 bits per heavy atom. The molecule has 3 aromatic rings. The fourth-order valence-corrected chi connectivity index (χ4v) is 2.88. The molecule has 0 radical (unpaired) electrons. The van der Waals surface area contributed by atoms with Gasteiger partial charge in [0.2, 0.25) is 0 Å². The topological polar surface area (TPSA) is 111 Å². The second-order valence-electron chi connectivity index (χ2n) is 6.67. The van der Waals surface area contributed by atoms with E-state index in [4.69, 9.17) is 16.3 Å². The number of phenols is 1. The lowest BCUT2D eigenvalue weighted by Crippen LogP contribution is -2.21. The Balaban J connectivity index is 1.75. The van der Waals surface area contributed by atoms with Crippen molar-refractivity contribution in [3.63, 3.8) is 0 Å². The van der Waals surface area contributed by atoms with Crippen LogP contribution in [0.3, 0.4) is 0 Å². The number of carbonyl (C=O) groups is 2. The summed E-state index contributed by atoms with van der Waals surface area (Å²) in [5.74, 6) is -1.65. The Labute approximate surface area is 193 Å². The highest BCUT2D eigenvalue weighted by atomic mass is 35.5. The highest BCUT2D eigenvalue weighted by Crippen LogP contribution is 2.26. The normalized spacial score (nSPS) is 10.8. The molecule has 0 unspecified atom stereocenters. The number of halogens is 2. The van der Waals surface area contributed by atoms with Crippen molar-refractivity contribution in [1.29, 1.82) is 5.26 Å². The molecule has 0 saturated carbocycles. The molecule has 3 rings (SSSR count). The Kier molecular flexibility index (Phi) is 7.63. The van der Waals surface area contributed by atoms with Gasteiger partial charge in [-0.05, 0) is 60.7 Å². The summed E-state index contributed by atoms with van der Waals surface area (Å²) >= 11 is 6.04. The number of carbonyl (C=O) groups excluding carboxylic acids is 2. The predicted molar refractivity (Wildman–Crippen MR) is 122 cm³/mol. The quantitative estimate of drug-likeness (QED) is 0.265. The summed E-state index contributed by atoms with van der Waals surface area (Å²) in [5, 5.41) is 24.1. The molecule has 0 aliphatic carbocycles. The number of benzene rings is 3. The SMILES string of the molecule is N#C/C(=C\c1cc(Cl)ccc1OCC(=O)Nc1ccccc1F)C(=O)Nc1ccc(O)cc1. The van der Waals surface area contributed by atoms with Crippen LogP contribution in [0.1, 0.15) is 5.56 Å². The van der Waals surface area contributed by atoms with Gasteiger partial charge in [-0.15, -0.1) is 0 Å². The van der Waals surface area contributed by atoms with Crippen LogP contribution in [0.5, 0.6) is 11.5 Å². The molecule has 0 aliphatic rings. The molecule has 0 fully saturated rings. The Bertz CT molecular complexity index is 1250. The summed E-state index contributed by atoms with van der Waals surface area (Å²) in [6.07, 6.45) is 1.27. The van der Waals surface area contributed by atoms with E-state index < -0.39 is 24.2 Å². The van der Waals surface area contributed by atoms with E-state index >= 15 is 0 Å². The van der Waals surface area contributed by atoms with Crippen LogP contribution in [-0.2, 0) is 9.59 Å². The van der Waals surface area contributed by atoms with E-state index in [1.54, 1.807) is 6.07 Å². The van der Waals surface area contributed by atoms with Crippen molar-refractivity contribution in [2.24, 2.45) is 0 Å². The molecule has 7 nitrogen and oxygen atoms in total. The van der Waals surface area contributed by atoms with E-state index in [-0.39, 0.29) is 22.8 Å². The number of ether oxygens (including phenoxy) is 1. The maximum Gasteiger partial charge on any atom is 0.266 e. The number of nitrogens with one attached hydrogen (secondary N) is 2. The summed E-state index contributed by atoms with van der Waals surface area (Å²) in [5.41, 5.74) is 0.441. The molecular weight excluding hydrogens is 449 g/mol.